The Morgan fingerprint density at radius 1 is 0.203 bits per heavy atom. The normalized spacial score (nSPS) is 10.8. The average molecular weight is 1180 g/mol. The quantitative estimate of drug-likeness (QED) is 0.176. The molecule has 0 saturated heterocycles. The molecule has 0 aliphatic rings. The molecule has 0 atom stereocenters. The Morgan fingerprint density at radius 2 is 0.375 bits per heavy atom. The number of rotatable bonds is 8. The first-order chi connectivity index (χ1) is 27.4. The fraction of sp³-hybridized carbons (Fsp3) is 0.643. The van der Waals surface area contributed by atoms with E-state index in [1.165, 1.54) is 78.4 Å². The van der Waals surface area contributed by atoms with E-state index in [0.29, 0.717) is 47.3 Å². The SMILES string of the molecule is Cc1c(C)c(C(C)C)c(C)c(C)c1C(C)C.Cc1nc(C(C)C)c(C)c(C)c1C(C)C.Cc1nc(C(C)C)c(C)c(C)c1C(C)C.Cc1nc(C(C)C)c(C)nc1C(C)C.[Y].[Y].[Y].[Y]. The first-order valence-corrected chi connectivity index (χ1v) is 23.3. The molecule has 0 spiro atoms. The van der Waals surface area contributed by atoms with E-state index < -0.39 is 0 Å². The molecule has 348 valence electrons. The van der Waals surface area contributed by atoms with Gasteiger partial charge in [-0.2, -0.15) is 0 Å². The molecule has 4 aromatic rings. The fourth-order valence-electron chi connectivity index (χ4n) is 9.64. The van der Waals surface area contributed by atoms with Gasteiger partial charge in [0, 0.05) is 154 Å². The van der Waals surface area contributed by atoms with Crippen molar-refractivity contribution >= 4 is 0 Å². The van der Waals surface area contributed by atoms with Crippen molar-refractivity contribution in [3.05, 3.63) is 112 Å². The number of hydrogen-bond donors (Lipinski definition) is 0. The third-order valence-corrected chi connectivity index (χ3v) is 12.6. The van der Waals surface area contributed by atoms with Gasteiger partial charge < -0.3 is 0 Å². The summed E-state index contributed by atoms with van der Waals surface area (Å²) in [6, 6.07) is 0. The molecule has 4 radical (unpaired) electrons. The molecule has 8 heteroatoms. The molecular formula is C56H92N4Y4. The van der Waals surface area contributed by atoms with Crippen molar-refractivity contribution in [2.75, 3.05) is 0 Å². The standard InChI is InChI=1S/C16H26.2C14H23N.C12H20N2.4Y/c1-9(2)15-11(5)13(7)16(10(3)4)14(8)12(15)6;2*1-8(2)13-10(5)11(6)14(9(3)4)15-12(13)7;1-7(2)11-9(5)14-12(8(3)4)10(6)13-11;;;;/h9-10H,1-8H3;2*8-9H,1-7H3;7-8H,1-6H3;;;;. The predicted octanol–water partition coefficient (Wildman–Crippen LogP) is 17.0. The molecule has 1 aromatic carbocycles. The van der Waals surface area contributed by atoms with Crippen LogP contribution in [0.15, 0.2) is 0 Å². The van der Waals surface area contributed by atoms with Crippen LogP contribution in [0, 0.1) is 83.1 Å². The van der Waals surface area contributed by atoms with Gasteiger partial charge in [0.1, 0.15) is 0 Å². The number of nitrogens with zero attached hydrogens (tertiary/aromatic N) is 4. The number of hydrogen-bond acceptors (Lipinski definition) is 4. The summed E-state index contributed by atoms with van der Waals surface area (Å²) in [5, 5.41) is 0. The second kappa shape index (κ2) is 32.1. The van der Waals surface area contributed by atoms with Gasteiger partial charge in [-0.1, -0.05) is 111 Å². The van der Waals surface area contributed by atoms with Gasteiger partial charge in [0.05, 0.1) is 22.8 Å². The maximum absolute atomic E-state index is 4.75. The van der Waals surface area contributed by atoms with Crippen molar-refractivity contribution in [3.8, 4) is 0 Å². The summed E-state index contributed by atoms with van der Waals surface area (Å²) in [6.45, 7) is 62.0. The van der Waals surface area contributed by atoms with E-state index in [2.05, 4.69) is 190 Å². The van der Waals surface area contributed by atoms with Crippen LogP contribution in [0.4, 0.5) is 0 Å². The van der Waals surface area contributed by atoms with Gasteiger partial charge in [-0.15, -0.1) is 0 Å². The van der Waals surface area contributed by atoms with Gasteiger partial charge in [0.2, 0.25) is 0 Å². The van der Waals surface area contributed by atoms with Crippen molar-refractivity contribution in [1.82, 2.24) is 19.9 Å². The van der Waals surface area contributed by atoms with Crippen LogP contribution in [0.5, 0.6) is 0 Å². The van der Waals surface area contributed by atoms with Gasteiger partial charge >= 0.3 is 0 Å². The molecule has 0 amide bonds. The van der Waals surface area contributed by atoms with Crippen molar-refractivity contribution in [2.24, 2.45) is 0 Å². The third kappa shape index (κ3) is 19.0. The second-order valence-electron chi connectivity index (χ2n) is 20.2. The monoisotopic (exact) mass is 1180 g/mol. The summed E-state index contributed by atoms with van der Waals surface area (Å²) >= 11 is 0. The minimum absolute atomic E-state index is 0. The van der Waals surface area contributed by atoms with Crippen LogP contribution in [0.3, 0.4) is 0 Å². The zero-order valence-corrected chi connectivity index (χ0v) is 58.1. The Kier molecular flexibility index (Phi) is 35.9. The summed E-state index contributed by atoms with van der Waals surface area (Å²) < 4.78 is 0. The summed E-state index contributed by atoms with van der Waals surface area (Å²) in [4.78, 5) is 18.8. The Balaban J connectivity index is -0.000000368. The molecule has 0 aliphatic carbocycles. The number of aromatic nitrogens is 4. The van der Waals surface area contributed by atoms with Crippen LogP contribution in [-0.4, -0.2) is 19.9 Å². The number of benzene rings is 1. The fourth-order valence-corrected chi connectivity index (χ4v) is 9.64. The van der Waals surface area contributed by atoms with Crippen LogP contribution in [0.1, 0.15) is 270 Å². The maximum atomic E-state index is 4.75. The molecule has 0 N–H and O–H groups in total. The van der Waals surface area contributed by atoms with Crippen LogP contribution in [0.2, 0.25) is 0 Å². The number of aryl methyl sites for hydroxylation is 4. The molecule has 3 heterocycles. The van der Waals surface area contributed by atoms with Crippen molar-refractivity contribution in [3.63, 3.8) is 0 Å². The third-order valence-electron chi connectivity index (χ3n) is 12.6. The molecule has 4 nitrogen and oxygen atoms in total. The number of pyridine rings is 2. The molecule has 64 heavy (non-hydrogen) atoms. The van der Waals surface area contributed by atoms with Crippen molar-refractivity contribution in [1.29, 1.82) is 0 Å². The van der Waals surface area contributed by atoms with Crippen molar-refractivity contribution in [2.45, 2.75) is 241 Å². The largest absolute Gasteiger partial charge is 0.257 e. The molecule has 0 unspecified atom stereocenters. The van der Waals surface area contributed by atoms with E-state index in [9.17, 15) is 0 Å². The summed E-state index contributed by atoms with van der Waals surface area (Å²) in [5.41, 5.74) is 26.9. The molecule has 0 saturated carbocycles. The van der Waals surface area contributed by atoms with Crippen LogP contribution >= 0.6 is 0 Å². The maximum Gasteiger partial charge on any atom is 0.0644 e. The van der Waals surface area contributed by atoms with Gasteiger partial charge in [-0.3, -0.25) is 19.9 Å². The summed E-state index contributed by atoms with van der Waals surface area (Å²) in [6.07, 6.45) is 0. The molecular weight excluding hydrogens is 1080 g/mol. The zero-order valence-electron chi connectivity index (χ0n) is 46.7. The topological polar surface area (TPSA) is 51.6 Å². The van der Waals surface area contributed by atoms with Gasteiger partial charge in [-0.05, 0) is 197 Å². The van der Waals surface area contributed by atoms with E-state index >= 15 is 0 Å². The Morgan fingerprint density at radius 3 is 0.547 bits per heavy atom. The van der Waals surface area contributed by atoms with Gasteiger partial charge in [0.15, 0.2) is 0 Å². The van der Waals surface area contributed by atoms with Crippen LogP contribution in [0.25, 0.3) is 0 Å². The first kappa shape index (κ1) is 71.6. The van der Waals surface area contributed by atoms with E-state index in [1.807, 2.05) is 13.8 Å². The zero-order chi connectivity index (χ0) is 47.0. The van der Waals surface area contributed by atoms with E-state index in [0.717, 1.165) is 22.8 Å². The molecule has 4 rings (SSSR count). The first-order valence-electron chi connectivity index (χ1n) is 23.3. The van der Waals surface area contributed by atoms with E-state index in [4.69, 9.17) is 9.97 Å². The summed E-state index contributed by atoms with van der Waals surface area (Å²) in [7, 11) is 0. The van der Waals surface area contributed by atoms with Crippen LogP contribution in [-0.2, 0) is 131 Å². The molecule has 0 bridgehead atoms. The molecule has 0 aliphatic heterocycles. The smallest absolute Gasteiger partial charge is 0.0644 e. The Labute approximate surface area is 497 Å². The van der Waals surface area contributed by atoms with Gasteiger partial charge in [-0.25, -0.2) is 0 Å². The molecule has 3 aromatic heterocycles. The van der Waals surface area contributed by atoms with E-state index in [-0.39, 0.29) is 131 Å². The summed E-state index contributed by atoms with van der Waals surface area (Å²) in [5.74, 6) is 4.34. The predicted molar refractivity (Wildman–Crippen MR) is 267 cm³/mol. The molecule has 0 fully saturated rings. The van der Waals surface area contributed by atoms with Crippen LogP contribution < -0.4 is 0 Å². The minimum Gasteiger partial charge on any atom is -0.257 e. The Hall–Kier alpha value is 1.02. The van der Waals surface area contributed by atoms with Crippen molar-refractivity contribution < 1.29 is 131 Å². The van der Waals surface area contributed by atoms with E-state index in [1.54, 1.807) is 11.1 Å². The minimum atomic E-state index is 0. The Bertz CT molecular complexity index is 1880. The second-order valence-corrected chi connectivity index (χ2v) is 20.2. The average Bonchev–Trinajstić information content (AvgIpc) is 3.11. The van der Waals surface area contributed by atoms with Gasteiger partial charge in [0.25, 0.3) is 0 Å².